The lowest BCUT2D eigenvalue weighted by molar-refractivity contribution is 0.0273. The predicted molar refractivity (Wildman–Crippen MR) is 86.8 cm³/mol. The number of thiophene rings is 1. The molecule has 3 rings (SSSR count). The van der Waals surface area contributed by atoms with Gasteiger partial charge in [-0.1, -0.05) is 22.0 Å². The number of aliphatic hydroxyl groups is 1. The molecule has 1 atom stereocenters. The van der Waals surface area contributed by atoms with Crippen molar-refractivity contribution in [2.24, 2.45) is 0 Å². The maximum Gasteiger partial charge on any atom is 0.0739 e. The van der Waals surface area contributed by atoms with Crippen LogP contribution in [0.3, 0.4) is 0 Å². The summed E-state index contributed by atoms with van der Waals surface area (Å²) in [5.74, 6) is 0. The predicted octanol–water partition coefficient (Wildman–Crippen LogP) is 4.74. The Morgan fingerprint density at radius 3 is 2.79 bits per heavy atom. The number of aryl methyl sites for hydroxylation is 1. The SMILES string of the molecule is OC1(Cc2sccc2Br)CCc2cc(Br)ccc2C1. The van der Waals surface area contributed by atoms with Crippen LogP contribution in [0.15, 0.2) is 38.6 Å². The molecule has 1 aliphatic carbocycles. The molecule has 0 bridgehead atoms. The maximum absolute atomic E-state index is 10.9. The fourth-order valence-corrected chi connectivity index (χ4v) is 4.75. The van der Waals surface area contributed by atoms with Gasteiger partial charge in [-0.2, -0.15) is 0 Å². The third-order valence-electron chi connectivity index (χ3n) is 3.73. The second-order valence-electron chi connectivity index (χ2n) is 5.18. The quantitative estimate of drug-likeness (QED) is 0.770. The van der Waals surface area contributed by atoms with Crippen molar-refractivity contribution < 1.29 is 5.11 Å². The summed E-state index contributed by atoms with van der Waals surface area (Å²) in [6.07, 6.45) is 3.27. The molecular weight excluding hydrogens is 388 g/mol. The van der Waals surface area contributed by atoms with Crippen molar-refractivity contribution >= 4 is 43.2 Å². The first-order chi connectivity index (χ1) is 9.06. The minimum absolute atomic E-state index is 0.603. The molecule has 2 aromatic rings. The minimum Gasteiger partial charge on any atom is -0.389 e. The van der Waals surface area contributed by atoms with Crippen LogP contribution in [0.1, 0.15) is 22.4 Å². The van der Waals surface area contributed by atoms with Crippen molar-refractivity contribution in [2.45, 2.75) is 31.3 Å². The van der Waals surface area contributed by atoms with E-state index in [1.54, 1.807) is 11.3 Å². The molecule has 4 heteroatoms. The van der Waals surface area contributed by atoms with Crippen LogP contribution in [-0.2, 0) is 19.3 Å². The molecule has 1 nitrogen and oxygen atoms in total. The highest BCUT2D eigenvalue weighted by Gasteiger charge is 2.33. The van der Waals surface area contributed by atoms with E-state index in [1.807, 2.05) is 0 Å². The highest BCUT2D eigenvalue weighted by molar-refractivity contribution is 9.10. The summed E-state index contributed by atoms with van der Waals surface area (Å²) in [6.45, 7) is 0. The molecule has 1 aromatic carbocycles. The summed E-state index contributed by atoms with van der Waals surface area (Å²) in [7, 11) is 0. The van der Waals surface area contributed by atoms with Crippen LogP contribution < -0.4 is 0 Å². The lowest BCUT2D eigenvalue weighted by Gasteiger charge is -2.33. The Hall–Kier alpha value is -0.160. The van der Waals surface area contributed by atoms with E-state index < -0.39 is 5.60 Å². The Morgan fingerprint density at radius 2 is 2.05 bits per heavy atom. The van der Waals surface area contributed by atoms with Gasteiger partial charge in [-0.3, -0.25) is 0 Å². The Labute approximate surface area is 133 Å². The molecule has 0 amide bonds. The maximum atomic E-state index is 10.9. The van der Waals surface area contributed by atoms with Crippen LogP contribution in [0.25, 0.3) is 0 Å². The number of benzene rings is 1. The van der Waals surface area contributed by atoms with Gasteiger partial charge in [0.05, 0.1) is 5.60 Å². The first-order valence-electron chi connectivity index (χ1n) is 6.27. The van der Waals surface area contributed by atoms with Gasteiger partial charge in [-0.05, 0) is 63.5 Å². The number of fused-ring (bicyclic) bond motifs is 1. The molecular formula is C15H14Br2OS. The van der Waals surface area contributed by atoms with Gasteiger partial charge in [0.1, 0.15) is 0 Å². The Kier molecular flexibility index (Phi) is 3.87. The van der Waals surface area contributed by atoms with E-state index in [9.17, 15) is 5.11 Å². The van der Waals surface area contributed by atoms with Crippen LogP contribution in [0.4, 0.5) is 0 Å². The van der Waals surface area contributed by atoms with Crippen LogP contribution in [0.2, 0.25) is 0 Å². The molecule has 0 aliphatic heterocycles. The van der Waals surface area contributed by atoms with Gasteiger partial charge in [0.15, 0.2) is 0 Å². The van der Waals surface area contributed by atoms with E-state index in [2.05, 4.69) is 61.5 Å². The smallest absolute Gasteiger partial charge is 0.0739 e. The monoisotopic (exact) mass is 400 g/mol. The van der Waals surface area contributed by atoms with E-state index in [0.717, 1.165) is 34.6 Å². The Morgan fingerprint density at radius 1 is 1.21 bits per heavy atom. The number of halogens is 2. The Balaban J connectivity index is 1.84. The summed E-state index contributed by atoms with van der Waals surface area (Å²) in [5, 5.41) is 12.9. The third-order valence-corrected chi connectivity index (χ3v) is 6.15. The molecule has 1 heterocycles. The van der Waals surface area contributed by atoms with E-state index in [-0.39, 0.29) is 0 Å². The molecule has 0 saturated carbocycles. The van der Waals surface area contributed by atoms with Gasteiger partial charge in [-0.25, -0.2) is 0 Å². The molecule has 0 radical (unpaired) electrons. The molecule has 0 saturated heterocycles. The van der Waals surface area contributed by atoms with Crippen molar-refractivity contribution in [3.8, 4) is 0 Å². The van der Waals surface area contributed by atoms with Crippen molar-refractivity contribution in [3.63, 3.8) is 0 Å². The molecule has 19 heavy (non-hydrogen) atoms. The average Bonchev–Trinajstić information content (AvgIpc) is 2.75. The molecule has 100 valence electrons. The molecule has 1 N–H and O–H groups in total. The van der Waals surface area contributed by atoms with Gasteiger partial charge in [0.25, 0.3) is 0 Å². The van der Waals surface area contributed by atoms with Gasteiger partial charge in [-0.15, -0.1) is 11.3 Å². The first-order valence-corrected chi connectivity index (χ1v) is 8.74. The second kappa shape index (κ2) is 5.32. The van der Waals surface area contributed by atoms with Crippen molar-refractivity contribution in [1.82, 2.24) is 0 Å². The normalized spacial score (nSPS) is 22.3. The number of hydrogen-bond donors (Lipinski definition) is 1. The van der Waals surface area contributed by atoms with Crippen molar-refractivity contribution in [2.75, 3.05) is 0 Å². The fourth-order valence-electron chi connectivity index (χ4n) is 2.71. The first kappa shape index (κ1) is 13.8. The zero-order valence-corrected chi connectivity index (χ0v) is 14.3. The van der Waals surface area contributed by atoms with Gasteiger partial charge < -0.3 is 5.11 Å². The summed E-state index contributed by atoms with van der Waals surface area (Å²) in [5.41, 5.74) is 2.04. The van der Waals surface area contributed by atoms with E-state index in [1.165, 1.54) is 16.0 Å². The number of rotatable bonds is 2. The largest absolute Gasteiger partial charge is 0.389 e. The lowest BCUT2D eigenvalue weighted by Crippen LogP contribution is -2.37. The zero-order valence-electron chi connectivity index (χ0n) is 10.3. The van der Waals surface area contributed by atoms with E-state index in [0.29, 0.717) is 0 Å². The van der Waals surface area contributed by atoms with E-state index >= 15 is 0 Å². The van der Waals surface area contributed by atoms with E-state index in [4.69, 9.17) is 0 Å². The van der Waals surface area contributed by atoms with Crippen LogP contribution >= 0.6 is 43.2 Å². The second-order valence-corrected chi connectivity index (χ2v) is 7.95. The number of hydrogen-bond acceptors (Lipinski definition) is 2. The van der Waals surface area contributed by atoms with Crippen LogP contribution in [0.5, 0.6) is 0 Å². The average molecular weight is 402 g/mol. The molecule has 0 fully saturated rings. The zero-order chi connectivity index (χ0) is 13.5. The highest BCUT2D eigenvalue weighted by Crippen LogP contribution is 2.35. The third kappa shape index (κ3) is 2.97. The minimum atomic E-state index is -0.603. The fraction of sp³-hybridized carbons (Fsp3) is 0.333. The molecule has 1 aromatic heterocycles. The molecule has 0 spiro atoms. The highest BCUT2D eigenvalue weighted by atomic mass is 79.9. The van der Waals surface area contributed by atoms with Gasteiger partial charge >= 0.3 is 0 Å². The summed E-state index contributed by atoms with van der Waals surface area (Å²) in [6, 6.07) is 8.42. The van der Waals surface area contributed by atoms with Crippen molar-refractivity contribution in [3.05, 3.63) is 54.6 Å². The lowest BCUT2D eigenvalue weighted by atomic mass is 9.78. The standard InChI is InChI=1S/C15H14Br2OS/c16-12-2-1-11-8-15(18,5-3-10(11)7-12)9-14-13(17)4-6-19-14/h1-2,4,6-7,18H,3,5,8-9H2. The summed E-state index contributed by atoms with van der Waals surface area (Å²) >= 11 is 8.77. The van der Waals surface area contributed by atoms with Crippen molar-refractivity contribution in [1.29, 1.82) is 0 Å². The topological polar surface area (TPSA) is 20.2 Å². The summed E-state index contributed by atoms with van der Waals surface area (Å²) in [4.78, 5) is 1.24. The van der Waals surface area contributed by atoms with Crippen LogP contribution in [0, 0.1) is 0 Å². The Bertz CT molecular complexity index is 608. The van der Waals surface area contributed by atoms with Crippen LogP contribution in [-0.4, -0.2) is 10.7 Å². The summed E-state index contributed by atoms with van der Waals surface area (Å²) < 4.78 is 2.24. The van der Waals surface area contributed by atoms with Gasteiger partial charge in [0, 0.05) is 26.7 Å². The molecule has 1 aliphatic rings. The van der Waals surface area contributed by atoms with Gasteiger partial charge in [0.2, 0.25) is 0 Å². The molecule has 1 unspecified atom stereocenters.